The summed E-state index contributed by atoms with van der Waals surface area (Å²) in [6, 6.07) is 11.5. The fourth-order valence-corrected chi connectivity index (χ4v) is 2.86. The van der Waals surface area contributed by atoms with Gasteiger partial charge in [0.2, 0.25) is 5.91 Å². The molecule has 4 nitrogen and oxygen atoms in total. The Balaban J connectivity index is 1.51. The van der Waals surface area contributed by atoms with E-state index in [1.54, 1.807) is 0 Å². The molecule has 2 N–H and O–H groups in total. The largest absolute Gasteiger partial charge is 0.369 e. The van der Waals surface area contributed by atoms with Crippen molar-refractivity contribution in [2.75, 3.05) is 36.4 Å². The van der Waals surface area contributed by atoms with Crippen molar-refractivity contribution in [3.8, 4) is 0 Å². The first-order valence-corrected chi connectivity index (χ1v) is 8.41. The average molecular weight is 345 g/mol. The van der Waals surface area contributed by atoms with Crippen LogP contribution in [0, 0.1) is 11.6 Å². The maximum Gasteiger partial charge on any atom is 0.224 e. The van der Waals surface area contributed by atoms with E-state index in [0.29, 0.717) is 12.0 Å². The van der Waals surface area contributed by atoms with Crippen molar-refractivity contribution in [1.29, 1.82) is 0 Å². The molecule has 132 valence electrons. The molecule has 0 aliphatic carbocycles. The smallest absolute Gasteiger partial charge is 0.224 e. The van der Waals surface area contributed by atoms with E-state index in [0.717, 1.165) is 49.7 Å². The maximum absolute atomic E-state index is 13.2. The van der Waals surface area contributed by atoms with Crippen LogP contribution in [0.3, 0.4) is 0 Å². The minimum Gasteiger partial charge on any atom is -0.369 e. The van der Waals surface area contributed by atoms with Crippen LogP contribution in [0.1, 0.15) is 12.0 Å². The van der Waals surface area contributed by atoms with Crippen molar-refractivity contribution >= 4 is 17.3 Å². The van der Waals surface area contributed by atoms with Crippen molar-refractivity contribution in [3.05, 3.63) is 59.7 Å². The summed E-state index contributed by atoms with van der Waals surface area (Å²) in [6.45, 7) is 3.89. The Morgan fingerprint density at radius 1 is 1.04 bits per heavy atom. The van der Waals surface area contributed by atoms with Gasteiger partial charge >= 0.3 is 0 Å². The number of hydrogen-bond acceptors (Lipinski definition) is 3. The lowest BCUT2D eigenvalue weighted by Crippen LogP contribution is -2.43. The molecule has 1 heterocycles. The van der Waals surface area contributed by atoms with Crippen LogP contribution in [0.4, 0.5) is 20.2 Å². The van der Waals surface area contributed by atoms with Gasteiger partial charge in [-0.2, -0.15) is 0 Å². The van der Waals surface area contributed by atoms with Crippen LogP contribution >= 0.6 is 0 Å². The van der Waals surface area contributed by atoms with Gasteiger partial charge < -0.3 is 15.5 Å². The quantitative estimate of drug-likeness (QED) is 0.876. The number of anilines is 2. The molecule has 0 aromatic heterocycles. The highest BCUT2D eigenvalue weighted by molar-refractivity contribution is 5.91. The highest BCUT2D eigenvalue weighted by Crippen LogP contribution is 2.19. The number of nitrogens with zero attached hydrogens (tertiary/aromatic N) is 1. The molecule has 0 saturated carbocycles. The van der Waals surface area contributed by atoms with Gasteiger partial charge in [0.05, 0.1) is 0 Å². The van der Waals surface area contributed by atoms with Gasteiger partial charge in [-0.05, 0) is 48.4 Å². The first kappa shape index (κ1) is 17.4. The summed E-state index contributed by atoms with van der Waals surface area (Å²) in [7, 11) is 0. The second kappa shape index (κ2) is 8.07. The molecule has 3 rings (SSSR count). The number of aryl methyl sites for hydroxylation is 1. The van der Waals surface area contributed by atoms with E-state index >= 15 is 0 Å². The Kier molecular flexibility index (Phi) is 5.60. The van der Waals surface area contributed by atoms with E-state index in [9.17, 15) is 13.6 Å². The normalized spacial score (nSPS) is 14.4. The van der Waals surface area contributed by atoms with Crippen molar-refractivity contribution in [2.45, 2.75) is 12.8 Å². The van der Waals surface area contributed by atoms with Crippen LogP contribution in [0.25, 0.3) is 0 Å². The third-order valence-electron chi connectivity index (χ3n) is 4.26. The zero-order valence-corrected chi connectivity index (χ0v) is 13.9. The van der Waals surface area contributed by atoms with Gasteiger partial charge in [0.15, 0.2) is 11.6 Å². The molecule has 25 heavy (non-hydrogen) atoms. The molecule has 6 heteroatoms. The maximum atomic E-state index is 13.2. The zero-order chi connectivity index (χ0) is 17.6. The predicted molar refractivity (Wildman–Crippen MR) is 94.8 cm³/mol. The topological polar surface area (TPSA) is 44.4 Å². The molecule has 0 bridgehead atoms. The number of hydrogen-bond donors (Lipinski definition) is 2. The Bertz CT molecular complexity index is 728. The van der Waals surface area contributed by atoms with Crippen molar-refractivity contribution in [1.82, 2.24) is 5.32 Å². The number of carbonyl (C=O) groups excluding carboxylic acids is 1. The molecular weight excluding hydrogens is 324 g/mol. The molecular formula is C19H21F2N3O. The van der Waals surface area contributed by atoms with Gasteiger partial charge in [-0.15, -0.1) is 0 Å². The minimum absolute atomic E-state index is 0.153. The number of rotatable bonds is 5. The lowest BCUT2D eigenvalue weighted by atomic mass is 10.1. The standard InChI is InChI=1S/C19H21F2N3O/c20-17-7-1-14(13-18(17)21)2-8-19(25)23-15-3-5-16(6-4-15)24-11-9-22-10-12-24/h1,3-7,13,22H,2,8-12H2,(H,23,25). The molecule has 2 aromatic rings. The Labute approximate surface area is 145 Å². The van der Waals surface area contributed by atoms with Crippen molar-refractivity contribution < 1.29 is 13.6 Å². The van der Waals surface area contributed by atoms with Gasteiger partial charge in [0.1, 0.15) is 0 Å². The third kappa shape index (κ3) is 4.76. The summed E-state index contributed by atoms with van der Waals surface area (Å²) < 4.78 is 26.0. The van der Waals surface area contributed by atoms with E-state index in [1.165, 1.54) is 6.07 Å². The third-order valence-corrected chi connectivity index (χ3v) is 4.26. The molecule has 1 saturated heterocycles. The van der Waals surface area contributed by atoms with Crippen LogP contribution in [-0.2, 0) is 11.2 Å². The van der Waals surface area contributed by atoms with Crippen molar-refractivity contribution in [3.63, 3.8) is 0 Å². The molecule has 2 aromatic carbocycles. The van der Waals surface area contributed by atoms with E-state index in [4.69, 9.17) is 0 Å². The number of piperazine rings is 1. The van der Waals surface area contributed by atoms with E-state index in [1.807, 2.05) is 24.3 Å². The van der Waals surface area contributed by atoms with Crippen LogP contribution in [0.15, 0.2) is 42.5 Å². The minimum atomic E-state index is -0.888. The van der Waals surface area contributed by atoms with Gasteiger partial charge in [-0.3, -0.25) is 4.79 Å². The van der Waals surface area contributed by atoms with Crippen LogP contribution < -0.4 is 15.5 Å². The highest BCUT2D eigenvalue weighted by atomic mass is 19.2. The number of amides is 1. The molecule has 0 unspecified atom stereocenters. The SMILES string of the molecule is O=C(CCc1ccc(F)c(F)c1)Nc1ccc(N2CCNCC2)cc1. The van der Waals surface area contributed by atoms with Crippen LogP contribution in [0.2, 0.25) is 0 Å². The second-order valence-electron chi connectivity index (χ2n) is 6.08. The summed E-state index contributed by atoms with van der Waals surface area (Å²) in [6.07, 6.45) is 0.576. The summed E-state index contributed by atoms with van der Waals surface area (Å²) in [5.74, 6) is -1.92. The van der Waals surface area contributed by atoms with Crippen LogP contribution in [-0.4, -0.2) is 32.1 Å². The lowest BCUT2D eigenvalue weighted by molar-refractivity contribution is -0.116. The lowest BCUT2D eigenvalue weighted by Gasteiger charge is -2.29. The first-order chi connectivity index (χ1) is 12.1. The molecule has 1 fully saturated rings. The number of carbonyl (C=O) groups is 1. The highest BCUT2D eigenvalue weighted by Gasteiger charge is 2.11. The summed E-state index contributed by atoms with van der Waals surface area (Å²) in [4.78, 5) is 14.3. The Morgan fingerprint density at radius 2 is 1.76 bits per heavy atom. The Hall–Kier alpha value is -2.47. The predicted octanol–water partition coefficient (Wildman–Crippen LogP) is 2.95. The number of nitrogens with one attached hydrogen (secondary N) is 2. The number of halogens is 2. The molecule has 1 aliphatic rings. The summed E-state index contributed by atoms with van der Waals surface area (Å²) in [5, 5.41) is 6.14. The van der Waals surface area contributed by atoms with E-state index < -0.39 is 11.6 Å². The van der Waals surface area contributed by atoms with Gasteiger partial charge in [-0.25, -0.2) is 8.78 Å². The average Bonchev–Trinajstić information content (AvgIpc) is 2.64. The van der Waals surface area contributed by atoms with Crippen LogP contribution in [0.5, 0.6) is 0 Å². The summed E-state index contributed by atoms with van der Waals surface area (Å²) >= 11 is 0. The molecule has 1 aliphatic heterocycles. The fraction of sp³-hybridized carbons (Fsp3) is 0.316. The molecule has 0 spiro atoms. The zero-order valence-electron chi connectivity index (χ0n) is 13.9. The van der Waals surface area contributed by atoms with E-state index in [-0.39, 0.29) is 12.3 Å². The first-order valence-electron chi connectivity index (χ1n) is 8.41. The van der Waals surface area contributed by atoms with E-state index in [2.05, 4.69) is 15.5 Å². The van der Waals surface area contributed by atoms with Gasteiger partial charge in [0, 0.05) is 44.0 Å². The second-order valence-corrected chi connectivity index (χ2v) is 6.08. The molecule has 0 radical (unpaired) electrons. The summed E-state index contributed by atoms with van der Waals surface area (Å²) in [5.41, 5.74) is 2.47. The fourth-order valence-electron chi connectivity index (χ4n) is 2.86. The monoisotopic (exact) mass is 345 g/mol. The van der Waals surface area contributed by atoms with Gasteiger partial charge in [0.25, 0.3) is 0 Å². The van der Waals surface area contributed by atoms with Gasteiger partial charge in [-0.1, -0.05) is 6.07 Å². The molecule has 0 atom stereocenters. The van der Waals surface area contributed by atoms with Crippen molar-refractivity contribution in [2.24, 2.45) is 0 Å². The number of benzene rings is 2. The Morgan fingerprint density at radius 3 is 2.44 bits per heavy atom. The molecule has 1 amide bonds.